The number of halogens is 3. The molecule has 0 unspecified atom stereocenters. The van der Waals surface area contributed by atoms with Crippen molar-refractivity contribution in [2.45, 2.75) is 18.8 Å². The van der Waals surface area contributed by atoms with Gasteiger partial charge < -0.3 is 0 Å². The smallest absolute Gasteiger partial charge is 0.284 e. The van der Waals surface area contributed by atoms with Gasteiger partial charge in [0.05, 0.1) is 5.69 Å². The van der Waals surface area contributed by atoms with Crippen LogP contribution in [0, 0.1) is 6.92 Å². The fourth-order valence-electron chi connectivity index (χ4n) is 2.26. The third-order valence-corrected chi connectivity index (χ3v) is 4.22. The lowest BCUT2D eigenvalue weighted by Crippen LogP contribution is -2.58. The predicted molar refractivity (Wildman–Crippen MR) is 71.7 cm³/mol. The molecule has 2 aliphatic heterocycles. The highest BCUT2D eigenvalue weighted by Crippen LogP contribution is 2.42. The summed E-state index contributed by atoms with van der Waals surface area (Å²) in [6, 6.07) is 4.74. The van der Waals surface area contributed by atoms with Gasteiger partial charge >= 0.3 is 17.7 Å². The lowest BCUT2D eigenvalue weighted by Gasteiger charge is -2.24. The summed E-state index contributed by atoms with van der Waals surface area (Å²) < 4.78 is 40.6. The van der Waals surface area contributed by atoms with E-state index in [1.807, 2.05) is 0 Å². The van der Waals surface area contributed by atoms with Gasteiger partial charge in [-0.25, -0.2) is 10.3 Å². The Morgan fingerprint density at radius 3 is 2.86 bits per heavy atom. The Balaban J connectivity index is 2.04. The number of rotatable bonds is 2. The number of aryl methyl sites for hydroxylation is 1. The number of H-pyrrole nitrogens is 1. The molecular formula is C12H12F3N4OS+. The van der Waals surface area contributed by atoms with Crippen molar-refractivity contribution in [3.63, 3.8) is 0 Å². The van der Waals surface area contributed by atoms with E-state index in [0.717, 1.165) is 16.7 Å². The van der Waals surface area contributed by atoms with Crippen molar-refractivity contribution < 1.29 is 22.9 Å². The Kier molecular flexibility index (Phi) is 3.12. The fraction of sp³-hybridized carbons (Fsp3) is 0.417. The van der Waals surface area contributed by atoms with Crippen molar-refractivity contribution in [3.05, 3.63) is 23.9 Å². The van der Waals surface area contributed by atoms with Gasteiger partial charge in [-0.15, -0.1) is 0 Å². The molecule has 0 aromatic carbocycles. The van der Waals surface area contributed by atoms with Gasteiger partial charge in [0.2, 0.25) is 0 Å². The van der Waals surface area contributed by atoms with E-state index in [-0.39, 0.29) is 17.5 Å². The molecule has 1 amide bonds. The van der Waals surface area contributed by atoms with E-state index in [1.54, 1.807) is 19.1 Å². The van der Waals surface area contributed by atoms with Gasteiger partial charge in [0.15, 0.2) is 5.17 Å². The molecule has 1 saturated heterocycles. The standard InChI is InChI=1S/C12H11F3N4OS/c1-7-3-2-4-8(16-7)17-11(12(13,14)15)9(20)19-5-6-21-10(19)18-11/h2-4H,5-6H2,1H3,(H,16,17)/p+1/t11-/m0/s1. The normalized spacial score (nSPS) is 25.0. The lowest BCUT2D eigenvalue weighted by atomic mass is 10.1. The van der Waals surface area contributed by atoms with Gasteiger partial charge in [-0.1, -0.05) is 17.8 Å². The van der Waals surface area contributed by atoms with E-state index in [9.17, 15) is 18.0 Å². The molecule has 5 nitrogen and oxygen atoms in total. The quantitative estimate of drug-likeness (QED) is 0.897. The Labute approximate surface area is 122 Å². The number of fused-ring (bicyclic) bond motifs is 1. The van der Waals surface area contributed by atoms with Crippen LogP contribution in [0.2, 0.25) is 0 Å². The number of pyridine rings is 1. The van der Waals surface area contributed by atoms with Crippen molar-refractivity contribution in [3.8, 4) is 0 Å². The van der Waals surface area contributed by atoms with E-state index in [4.69, 9.17) is 0 Å². The van der Waals surface area contributed by atoms with Crippen LogP contribution in [0.5, 0.6) is 0 Å². The second kappa shape index (κ2) is 4.62. The minimum absolute atomic E-state index is 0.0937. The van der Waals surface area contributed by atoms with Gasteiger partial charge in [0.25, 0.3) is 5.82 Å². The van der Waals surface area contributed by atoms with Crippen LogP contribution in [0.4, 0.5) is 19.0 Å². The molecule has 2 N–H and O–H groups in total. The van der Waals surface area contributed by atoms with Gasteiger partial charge in [-0.3, -0.25) is 9.69 Å². The molecule has 1 aromatic heterocycles. The van der Waals surface area contributed by atoms with Crippen LogP contribution in [-0.4, -0.2) is 40.1 Å². The fourth-order valence-corrected chi connectivity index (χ4v) is 3.25. The molecule has 9 heteroatoms. The number of amides is 1. The van der Waals surface area contributed by atoms with Gasteiger partial charge in [-0.05, 0) is 13.0 Å². The molecule has 0 bridgehead atoms. The number of anilines is 1. The average Bonchev–Trinajstić information content (AvgIpc) is 2.92. The predicted octanol–water partition coefficient (Wildman–Crippen LogP) is 1.42. The van der Waals surface area contributed by atoms with Crippen molar-refractivity contribution >= 4 is 28.7 Å². The topological polar surface area (TPSA) is 58.8 Å². The molecule has 112 valence electrons. The number of hydrogen-bond acceptors (Lipinski definition) is 4. The SMILES string of the molecule is Cc1cccc(N[C@]2(C(F)(F)F)N=C3SCCN3C2=O)[nH+]1. The third-order valence-electron chi connectivity index (χ3n) is 3.26. The maximum atomic E-state index is 13.5. The minimum atomic E-state index is -4.83. The molecule has 3 heterocycles. The van der Waals surface area contributed by atoms with E-state index >= 15 is 0 Å². The zero-order valence-electron chi connectivity index (χ0n) is 11.0. The minimum Gasteiger partial charge on any atom is -0.284 e. The van der Waals surface area contributed by atoms with Crippen LogP contribution in [0.3, 0.4) is 0 Å². The Hall–Kier alpha value is -1.77. The molecule has 0 aliphatic carbocycles. The molecule has 1 fully saturated rings. The summed E-state index contributed by atoms with van der Waals surface area (Å²) in [6.45, 7) is 1.96. The summed E-state index contributed by atoms with van der Waals surface area (Å²) in [6.07, 6.45) is -4.83. The summed E-state index contributed by atoms with van der Waals surface area (Å²) in [5, 5.41) is 2.36. The molecule has 2 aliphatic rings. The van der Waals surface area contributed by atoms with Crippen LogP contribution in [0.1, 0.15) is 5.69 Å². The average molecular weight is 317 g/mol. The van der Waals surface area contributed by atoms with Crippen molar-refractivity contribution in [1.29, 1.82) is 0 Å². The molecule has 1 atom stereocenters. The zero-order chi connectivity index (χ0) is 15.3. The van der Waals surface area contributed by atoms with Crippen LogP contribution < -0.4 is 10.3 Å². The van der Waals surface area contributed by atoms with E-state index in [2.05, 4.69) is 15.3 Å². The van der Waals surface area contributed by atoms with Crippen LogP contribution in [0.15, 0.2) is 23.2 Å². The van der Waals surface area contributed by atoms with Crippen LogP contribution in [0.25, 0.3) is 0 Å². The summed E-state index contributed by atoms with van der Waals surface area (Å²) in [4.78, 5) is 19.7. The number of nitrogens with one attached hydrogen (secondary N) is 2. The maximum absolute atomic E-state index is 13.5. The number of aromatic nitrogens is 1. The molecular weight excluding hydrogens is 305 g/mol. The molecule has 0 saturated carbocycles. The summed E-state index contributed by atoms with van der Waals surface area (Å²) in [7, 11) is 0. The van der Waals surface area contributed by atoms with E-state index in [0.29, 0.717) is 11.4 Å². The number of hydrogen-bond donors (Lipinski definition) is 1. The van der Waals surface area contributed by atoms with Crippen molar-refractivity contribution in [2.75, 3.05) is 17.6 Å². The van der Waals surface area contributed by atoms with Gasteiger partial charge in [0, 0.05) is 18.4 Å². The Morgan fingerprint density at radius 1 is 1.48 bits per heavy atom. The second-order valence-corrected chi connectivity index (χ2v) is 5.84. The molecule has 0 radical (unpaired) electrons. The van der Waals surface area contributed by atoms with Crippen molar-refractivity contribution in [1.82, 2.24) is 4.90 Å². The number of carbonyl (C=O) groups excluding carboxylic acids is 1. The molecule has 21 heavy (non-hydrogen) atoms. The highest BCUT2D eigenvalue weighted by atomic mass is 32.2. The number of carbonyl (C=O) groups is 1. The number of aliphatic imine (C=N–C) groups is 1. The second-order valence-electron chi connectivity index (χ2n) is 4.78. The number of nitrogens with zero attached hydrogens (tertiary/aromatic N) is 2. The first-order valence-electron chi connectivity index (χ1n) is 6.22. The summed E-state index contributed by atoms with van der Waals surface area (Å²) >= 11 is 1.15. The van der Waals surface area contributed by atoms with Crippen molar-refractivity contribution in [2.24, 2.45) is 4.99 Å². The van der Waals surface area contributed by atoms with Crippen LogP contribution >= 0.6 is 11.8 Å². The van der Waals surface area contributed by atoms with Gasteiger partial charge in [-0.2, -0.15) is 18.2 Å². The number of alkyl halides is 3. The Morgan fingerprint density at radius 2 is 2.24 bits per heavy atom. The molecule has 1 aromatic rings. The lowest BCUT2D eigenvalue weighted by molar-refractivity contribution is -0.372. The van der Waals surface area contributed by atoms with E-state index < -0.39 is 17.7 Å². The Bertz CT molecular complexity index is 633. The first kappa shape index (κ1) is 14.2. The number of amidine groups is 1. The highest BCUT2D eigenvalue weighted by molar-refractivity contribution is 8.14. The monoisotopic (exact) mass is 317 g/mol. The first-order valence-corrected chi connectivity index (χ1v) is 7.20. The maximum Gasteiger partial charge on any atom is 0.464 e. The molecule has 3 rings (SSSR count). The summed E-state index contributed by atoms with van der Waals surface area (Å²) in [5.41, 5.74) is -2.27. The third kappa shape index (κ3) is 2.15. The highest BCUT2D eigenvalue weighted by Gasteiger charge is 2.70. The number of thioether (sulfide) groups is 1. The zero-order valence-corrected chi connectivity index (χ0v) is 11.8. The molecule has 0 spiro atoms. The van der Waals surface area contributed by atoms with Crippen LogP contribution in [-0.2, 0) is 4.79 Å². The van der Waals surface area contributed by atoms with E-state index in [1.165, 1.54) is 6.07 Å². The summed E-state index contributed by atoms with van der Waals surface area (Å²) in [5.74, 6) is -0.421. The first-order chi connectivity index (χ1) is 9.83. The van der Waals surface area contributed by atoms with Gasteiger partial charge in [0.1, 0.15) is 0 Å². The number of aromatic amines is 1. The largest absolute Gasteiger partial charge is 0.464 e.